The molecule has 1 N–H and O–H groups in total. The molecular weight excluding hydrogens is 190 g/mol. The standard InChI is InChI=1S/C12H13NO2/c1-4-8-15-12(14)13-11-9(2)6-5-7-10(11)3/h1,5-7H,8H2,2-3H3,(H,13,14). The number of carbonyl (C=O) groups excluding carboxylic acids is 1. The maximum absolute atomic E-state index is 11.2. The van der Waals surface area contributed by atoms with Crippen LogP contribution in [-0.4, -0.2) is 12.7 Å². The van der Waals surface area contributed by atoms with Gasteiger partial charge in [0, 0.05) is 5.69 Å². The number of para-hydroxylation sites is 1. The van der Waals surface area contributed by atoms with Crippen molar-refractivity contribution in [3.05, 3.63) is 29.3 Å². The van der Waals surface area contributed by atoms with Gasteiger partial charge in [-0.1, -0.05) is 24.1 Å². The van der Waals surface area contributed by atoms with Crippen LogP contribution in [0.25, 0.3) is 0 Å². The Morgan fingerprint density at radius 3 is 2.60 bits per heavy atom. The Morgan fingerprint density at radius 2 is 2.07 bits per heavy atom. The highest BCUT2D eigenvalue weighted by Crippen LogP contribution is 2.19. The summed E-state index contributed by atoms with van der Waals surface area (Å²) in [6.07, 6.45) is 4.45. The summed E-state index contributed by atoms with van der Waals surface area (Å²) >= 11 is 0. The number of hydrogen-bond donors (Lipinski definition) is 1. The van der Waals surface area contributed by atoms with E-state index in [9.17, 15) is 4.79 Å². The zero-order valence-electron chi connectivity index (χ0n) is 8.83. The number of amides is 1. The van der Waals surface area contributed by atoms with E-state index in [1.807, 2.05) is 32.0 Å². The molecule has 0 atom stereocenters. The normalized spacial score (nSPS) is 9.13. The monoisotopic (exact) mass is 203 g/mol. The first-order valence-electron chi connectivity index (χ1n) is 4.58. The topological polar surface area (TPSA) is 38.3 Å². The van der Waals surface area contributed by atoms with Crippen LogP contribution in [-0.2, 0) is 4.74 Å². The van der Waals surface area contributed by atoms with E-state index in [0.29, 0.717) is 0 Å². The van der Waals surface area contributed by atoms with Crippen LogP contribution >= 0.6 is 0 Å². The number of nitrogens with one attached hydrogen (secondary N) is 1. The number of hydrogen-bond acceptors (Lipinski definition) is 2. The number of rotatable bonds is 2. The Labute approximate surface area is 89.4 Å². The zero-order valence-corrected chi connectivity index (χ0v) is 8.83. The van der Waals surface area contributed by atoms with Crippen LogP contribution in [0.1, 0.15) is 11.1 Å². The van der Waals surface area contributed by atoms with E-state index in [0.717, 1.165) is 16.8 Å². The number of anilines is 1. The molecule has 78 valence electrons. The third-order valence-electron chi connectivity index (χ3n) is 1.99. The fourth-order valence-electron chi connectivity index (χ4n) is 1.26. The molecule has 0 heterocycles. The molecule has 0 radical (unpaired) electrons. The second-order valence-electron chi connectivity index (χ2n) is 3.17. The maximum Gasteiger partial charge on any atom is 0.412 e. The Kier molecular flexibility index (Phi) is 3.75. The van der Waals surface area contributed by atoms with Crippen molar-refractivity contribution in [1.82, 2.24) is 0 Å². The van der Waals surface area contributed by atoms with Gasteiger partial charge in [0.15, 0.2) is 6.61 Å². The molecule has 1 rings (SSSR count). The first kappa shape index (κ1) is 11.1. The molecule has 0 saturated carbocycles. The van der Waals surface area contributed by atoms with E-state index in [-0.39, 0.29) is 6.61 Å². The molecule has 1 aromatic rings. The van der Waals surface area contributed by atoms with Crippen LogP contribution in [0.15, 0.2) is 18.2 Å². The van der Waals surface area contributed by atoms with Gasteiger partial charge in [0.2, 0.25) is 0 Å². The molecule has 0 saturated heterocycles. The molecule has 1 amide bonds. The molecule has 0 fully saturated rings. The summed E-state index contributed by atoms with van der Waals surface area (Å²) in [5.74, 6) is 2.23. The molecule has 15 heavy (non-hydrogen) atoms. The third-order valence-corrected chi connectivity index (χ3v) is 1.99. The number of terminal acetylenes is 1. The van der Waals surface area contributed by atoms with E-state index in [1.54, 1.807) is 0 Å². The highest BCUT2D eigenvalue weighted by Gasteiger charge is 2.06. The molecule has 0 unspecified atom stereocenters. The Morgan fingerprint density at radius 1 is 1.47 bits per heavy atom. The fourth-order valence-corrected chi connectivity index (χ4v) is 1.26. The van der Waals surface area contributed by atoms with E-state index in [2.05, 4.69) is 11.2 Å². The minimum absolute atomic E-state index is 0.0171. The molecule has 0 aliphatic heterocycles. The van der Waals surface area contributed by atoms with Gasteiger partial charge in [0.25, 0.3) is 0 Å². The second kappa shape index (κ2) is 5.06. The average molecular weight is 203 g/mol. The maximum atomic E-state index is 11.2. The SMILES string of the molecule is C#CCOC(=O)Nc1c(C)cccc1C. The van der Waals surface area contributed by atoms with Crippen LogP contribution < -0.4 is 5.32 Å². The van der Waals surface area contributed by atoms with Crippen molar-refractivity contribution in [3.8, 4) is 12.3 Å². The Balaban J connectivity index is 2.73. The number of ether oxygens (including phenoxy) is 1. The molecule has 0 aromatic heterocycles. The van der Waals surface area contributed by atoms with Gasteiger partial charge in [0.1, 0.15) is 0 Å². The van der Waals surface area contributed by atoms with Gasteiger partial charge in [-0.2, -0.15) is 0 Å². The Bertz CT molecular complexity index is 384. The number of aryl methyl sites for hydroxylation is 2. The highest BCUT2D eigenvalue weighted by atomic mass is 16.5. The average Bonchev–Trinajstić information content (AvgIpc) is 2.21. The molecular formula is C12H13NO2. The van der Waals surface area contributed by atoms with Gasteiger partial charge in [-0.05, 0) is 25.0 Å². The van der Waals surface area contributed by atoms with Crippen molar-refractivity contribution in [2.45, 2.75) is 13.8 Å². The van der Waals surface area contributed by atoms with Gasteiger partial charge < -0.3 is 4.74 Å². The van der Waals surface area contributed by atoms with Crippen LogP contribution in [0.2, 0.25) is 0 Å². The summed E-state index contributed by atoms with van der Waals surface area (Å²) in [6, 6.07) is 5.77. The Hall–Kier alpha value is -1.95. The van der Waals surface area contributed by atoms with Crippen molar-refractivity contribution in [2.75, 3.05) is 11.9 Å². The fraction of sp³-hybridized carbons (Fsp3) is 0.250. The summed E-state index contributed by atoms with van der Waals surface area (Å²) in [5.41, 5.74) is 2.76. The van der Waals surface area contributed by atoms with E-state index >= 15 is 0 Å². The van der Waals surface area contributed by atoms with Crippen LogP contribution in [0.4, 0.5) is 10.5 Å². The molecule has 0 spiro atoms. The van der Waals surface area contributed by atoms with Crippen molar-refractivity contribution < 1.29 is 9.53 Å². The van der Waals surface area contributed by atoms with Crippen LogP contribution in [0.3, 0.4) is 0 Å². The van der Waals surface area contributed by atoms with Gasteiger partial charge in [-0.15, -0.1) is 6.42 Å². The smallest absolute Gasteiger partial charge is 0.412 e. The third kappa shape index (κ3) is 3.03. The quantitative estimate of drug-likeness (QED) is 0.750. The molecule has 3 nitrogen and oxygen atoms in total. The van der Waals surface area contributed by atoms with E-state index in [4.69, 9.17) is 11.2 Å². The highest BCUT2D eigenvalue weighted by molar-refractivity contribution is 5.86. The molecule has 0 aliphatic rings. The lowest BCUT2D eigenvalue weighted by Crippen LogP contribution is -2.15. The lowest BCUT2D eigenvalue weighted by atomic mass is 10.1. The molecule has 0 aliphatic carbocycles. The summed E-state index contributed by atoms with van der Waals surface area (Å²) < 4.78 is 4.72. The summed E-state index contributed by atoms with van der Waals surface area (Å²) in [6.45, 7) is 3.82. The van der Waals surface area contributed by atoms with Gasteiger partial charge >= 0.3 is 6.09 Å². The second-order valence-corrected chi connectivity index (χ2v) is 3.17. The minimum Gasteiger partial charge on any atom is -0.436 e. The van der Waals surface area contributed by atoms with E-state index < -0.39 is 6.09 Å². The summed E-state index contributed by atoms with van der Waals surface area (Å²) in [5, 5.41) is 2.66. The lowest BCUT2D eigenvalue weighted by molar-refractivity contribution is 0.176. The number of carbonyl (C=O) groups is 1. The lowest BCUT2D eigenvalue weighted by Gasteiger charge is -2.10. The van der Waals surface area contributed by atoms with Gasteiger partial charge in [0.05, 0.1) is 0 Å². The van der Waals surface area contributed by atoms with Crippen molar-refractivity contribution in [3.63, 3.8) is 0 Å². The van der Waals surface area contributed by atoms with Crippen molar-refractivity contribution >= 4 is 11.8 Å². The largest absolute Gasteiger partial charge is 0.436 e. The van der Waals surface area contributed by atoms with Gasteiger partial charge in [-0.3, -0.25) is 5.32 Å². The van der Waals surface area contributed by atoms with Crippen molar-refractivity contribution in [2.24, 2.45) is 0 Å². The first-order valence-corrected chi connectivity index (χ1v) is 4.58. The number of benzene rings is 1. The van der Waals surface area contributed by atoms with Crippen LogP contribution in [0.5, 0.6) is 0 Å². The molecule has 0 bridgehead atoms. The summed E-state index contributed by atoms with van der Waals surface area (Å²) in [7, 11) is 0. The molecule has 1 aromatic carbocycles. The summed E-state index contributed by atoms with van der Waals surface area (Å²) in [4.78, 5) is 11.2. The van der Waals surface area contributed by atoms with Crippen molar-refractivity contribution in [1.29, 1.82) is 0 Å². The first-order chi connectivity index (χ1) is 7.15. The van der Waals surface area contributed by atoms with Crippen LogP contribution in [0, 0.1) is 26.2 Å². The molecule has 3 heteroatoms. The zero-order chi connectivity index (χ0) is 11.3. The predicted octanol–water partition coefficient (Wildman–Crippen LogP) is 2.49. The van der Waals surface area contributed by atoms with Gasteiger partial charge in [-0.25, -0.2) is 4.79 Å². The predicted molar refractivity (Wildman–Crippen MR) is 59.7 cm³/mol. The minimum atomic E-state index is -0.523. The van der Waals surface area contributed by atoms with E-state index in [1.165, 1.54) is 0 Å².